The Morgan fingerprint density at radius 3 is 3.00 bits per heavy atom. The highest BCUT2D eigenvalue weighted by molar-refractivity contribution is 6.30. The molecule has 0 saturated carbocycles. The number of rotatable bonds is 2. The standard InChI is InChI=1S/C11H16ClN3/c12-11-8(6-13)3-4-10(15-11)9-2-1-5-14-7-9/h3-4,9,14H,1-2,5-7,13H2. The molecule has 0 bridgehead atoms. The molecule has 1 fully saturated rings. The lowest BCUT2D eigenvalue weighted by atomic mass is 9.95. The molecule has 0 spiro atoms. The first-order valence-electron chi connectivity index (χ1n) is 5.37. The van der Waals surface area contributed by atoms with Gasteiger partial charge in [-0.05, 0) is 25.5 Å². The second kappa shape index (κ2) is 4.92. The van der Waals surface area contributed by atoms with Crippen LogP contribution in [-0.4, -0.2) is 18.1 Å². The van der Waals surface area contributed by atoms with Gasteiger partial charge in [0.05, 0.1) is 0 Å². The van der Waals surface area contributed by atoms with E-state index >= 15 is 0 Å². The van der Waals surface area contributed by atoms with Crippen molar-refractivity contribution in [1.82, 2.24) is 10.3 Å². The highest BCUT2D eigenvalue weighted by Crippen LogP contribution is 2.24. The summed E-state index contributed by atoms with van der Waals surface area (Å²) >= 11 is 6.04. The average molecular weight is 226 g/mol. The molecule has 4 heteroatoms. The Labute approximate surface area is 95.0 Å². The Morgan fingerprint density at radius 2 is 2.40 bits per heavy atom. The van der Waals surface area contributed by atoms with E-state index in [4.69, 9.17) is 17.3 Å². The smallest absolute Gasteiger partial charge is 0.133 e. The van der Waals surface area contributed by atoms with Gasteiger partial charge < -0.3 is 11.1 Å². The third kappa shape index (κ3) is 2.48. The molecule has 1 aliphatic rings. The van der Waals surface area contributed by atoms with Crippen molar-refractivity contribution < 1.29 is 0 Å². The molecule has 1 saturated heterocycles. The first kappa shape index (κ1) is 10.9. The number of hydrogen-bond acceptors (Lipinski definition) is 3. The van der Waals surface area contributed by atoms with Crippen LogP contribution < -0.4 is 11.1 Å². The van der Waals surface area contributed by atoms with Crippen molar-refractivity contribution in [1.29, 1.82) is 0 Å². The summed E-state index contributed by atoms with van der Waals surface area (Å²) in [6, 6.07) is 4.03. The molecular weight excluding hydrogens is 210 g/mol. The summed E-state index contributed by atoms with van der Waals surface area (Å²) in [7, 11) is 0. The number of nitrogens with zero attached hydrogens (tertiary/aromatic N) is 1. The zero-order valence-electron chi connectivity index (χ0n) is 8.67. The van der Waals surface area contributed by atoms with E-state index < -0.39 is 0 Å². The number of pyridine rings is 1. The molecule has 1 atom stereocenters. The molecule has 3 N–H and O–H groups in total. The SMILES string of the molecule is NCc1ccc(C2CCCNC2)nc1Cl. The van der Waals surface area contributed by atoms with E-state index in [9.17, 15) is 0 Å². The minimum absolute atomic E-state index is 0.453. The number of aromatic nitrogens is 1. The van der Waals surface area contributed by atoms with Crippen LogP contribution >= 0.6 is 11.6 Å². The molecule has 1 aromatic heterocycles. The molecule has 1 aromatic rings. The van der Waals surface area contributed by atoms with Gasteiger partial charge >= 0.3 is 0 Å². The molecule has 0 aromatic carbocycles. The largest absolute Gasteiger partial charge is 0.326 e. The lowest BCUT2D eigenvalue weighted by Crippen LogP contribution is -2.28. The van der Waals surface area contributed by atoms with Gasteiger partial charge in [0, 0.05) is 30.3 Å². The summed E-state index contributed by atoms with van der Waals surface area (Å²) in [5, 5.41) is 3.93. The van der Waals surface area contributed by atoms with E-state index in [2.05, 4.69) is 10.3 Å². The van der Waals surface area contributed by atoms with Crippen LogP contribution in [0.1, 0.15) is 30.0 Å². The summed E-state index contributed by atoms with van der Waals surface area (Å²) in [5.74, 6) is 0.503. The summed E-state index contributed by atoms with van der Waals surface area (Å²) in [6.07, 6.45) is 2.40. The predicted molar refractivity (Wildman–Crippen MR) is 62.0 cm³/mol. The lowest BCUT2D eigenvalue weighted by molar-refractivity contribution is 0.454. The molecule has 1 aliphatic heterocycles. The highest BCUT2D eigenvalue weighted by atomic mass is 35.5. The first-order chi connectivity index (χ1) is 7.31. The molecular formula is C11H16ClN3. The molecule has 0 amide bonds. The summed E-state index contributed by atoms with van der Waals surface area (Å²) in [4.78, 5) is 4.41. The van der Waals surface area contributed by atoms with Crippen LogP contribution in [0.25, 0.3) is 0 Å². The van der Waals surface area contributed by atoms with E-state index in [-0.39, 0.29) is 0 Å². The van der Waals surface area contributed by atoms with E-state index in [1.54, 1.807) is 0 Å². The number of halogens is 1. The monoisotopic (exact) mass is 225 g/mol. The fourth-order valence-corrected chi connectivity index (χ4v) is 2.20. The van der Waals surface area contributed by atoms with E-state index in [1.807, 2.05) is 12.1 Å². The fourth-order valence-electron chi connectivity index (χ4n) is 1.96. The van der Waals surface area contributed by atoms with Crippen LogP contribution in [0, 0.1) is 0 Å². The van der Waals surface area contributed by atoms with Gasteiger partial charge in [-0.3, -0.25) is 0 Å². The summed E-state index contributed by atoms with van der Waals surface area (Å²) in [6.45, 7) is 2.57. The van der Waals surface area contributed by atoms with Crippen molar-refractivity contribution in [3.63, 3.8) is 0 Å². The fraction of sp³-hybridized carbons (Fsp3) is 0.545. The van der Waals surface area contributed by atoms with Crippen molar-refractivity contribution in [3.8, 4) is 0 Å². The summed E-state index contributed by atoms with van der Waals surface area (Å²) < 4.78 is 0. The van der Waals surface area contributed by atoms with Crippen molar-refractivity contribution in [2.75, 3.05) is 13.1 Å². The number of hydrogen-bond donors (Lipinski definition) is 2. The lowest BCUT2D eigenvalue weighted by Gasteiger charge is -2.22. The predicted octanol–water partition coefficient (Wildman–Crippen LogP) is 1.66. The van der Waals surface area contributed by atoms with Crippen LogP contribution in [0.5, 0.6) is 0 Å². The van der Waals surface area contributed by atoms with Gasteiger partial charge in [0.1, 0.15) is 5.15 Å². The van der Waals surface area contributed by atoms with E-state index in [1.165, 1.54) is 12.8 Å². The van der Waals surface area contributed by atoms with E-state index in [0.717, 1.165) is 24.3 Å². The average Bonchev–Trinajstić information content (AvgIpc) is 2.30. The zero-order chi connectivity index (χ0) is 10.7. The van der Waals surface area contributed by atoms with Gasteiger partial charge in [-0.15, -0.1) is 0 Å². The van der Waals surface area contributed by atoms with E-state index in [0.29, 0.717) is 17.6 Å². The maximum Gasteiger partial charge on any atom is 0.133 e. The van der Waals surface area contributed by atoms with Crippen molar-refractivity contribution in [2.45, 2.75) is 25.3 Å². The van der Waals surface area contributed by atoms with Crippen LogP contribution in [0.3, 0.4) is 0 Å². The van der Waals surface area contributed by atoms with Gasteiger partial charge in [0.25, 0.3) is 0 Å². The Balaban J connectivity index is 2.17. The highest BCUT2D eigenvalue weighted by Gasteiger charge is 2.17. The molecule has 3 nitrogen and oxygen atoms in total. The maximum absolute atomic E-state index is 6.04. The maximum atomic E-state index is 6.04. The van der Waals surface area contributed by atoms with Crippen molar-refractivity contribution >= 4 is 11.6 Å². The Hall–Kier alpha value is -0.640. The Kier molecular flexibility index (Phi) is 3.57. The van der Waals surface area contributed by atoms with Gasteiger partial charge in [-0.2, -0.15) is 0 Å². The van der Waals surface area contributed by atoms with Crippen LogP contribution in [-0.2, 0) is 6.54 Å². The summed E-state index contributed by atoms with van der Waals surface area (Å²) in [5.41, 5.74) is 7.55. The minimum atomic E-state index is 0.453. The zero-order valence-corrected chi connectivity index (χ0v) is 9.43. The number of nitrogens with two attached hydrogens (primary N) is 1. The van der Waals surface area contributed by atoms with Gasteiger partial charge in [-0.25, -0.2) is 4.98 Å². The normalized spacial score (nSPS) is 21.6. The molecule has 2 rings (SSSR count). The Morgan fingerprint density at radius 1 is 1.53 bits per heavy atom. The molecule has 82 valence electrons. The van der Waals surface area contributed by atoms with Crippen molar-refractivity contribution in [2.24, 2.45) is 5.73 Å². The van der Waals surface area contributed by atoms with Gasteiger partial charge in [-0.1, -0.05) is 17.7 Å². The third-order valence-electron chi connectivity index (χ3n) is 2.88. The quantitative estimate of drug-likeness (QED) is 0.753. The van der Waals surface area contributed by atoms with Crippen LogP contribution in [0.15, 0.2) is 12.1 Å². The number of nitrogens with one attached hydrogen (secondary N) is 1. The Bertz CT molecular complexity index is 335. The number of piperidine rings is 1. The van der Waals surface area contributed by atoms with Crippen LogP contribution in [0.2, 0.25) is 5.15 Å². The molecule has 0 radical (unpaired) electrons. The second-order valence-corrected chi connectivity index (χ2v) is 4.29. The van der Waals surface area contributed by atoms with Crippen molar-refractivity contribution in [3.05, 3.63) is 28.5 Å². The molecule has 0 aliphatic carbocycles. The second-order valence-electron chi connectivity index (χ2n) is 3.93. The molecule has 2 heterocycles. The molecule has 1 unspecified atom stereocenters. The van der Waals surface area contributed by atoms with Gasteiger partial charge in [0.15, 0.2) is 0 Å². The van der Waals surface area contributed by atoms with Gasteiger partial charge in [0.2, 0.25) is 0 Å². The van der Waals surface area contributed by atoms with Crippen LogP contribution in [0.4, 0.5) is 0 Å². The molecule has 15 heavy (non-hydrogen) atoms. The first-order valence-corrected chi connectivity index (χ1v) is 5.75. The minimum Gasteiger partial charge on any atom is -0.326 e. The topological polar surface area (TPSA) is 50.9 Å². The third-order valence-corrected chi connectivity index (χ3v) is 3.21.